The lowest BCUT2D eigenvalue weighted by molar-refractivity contribution is -0.142. The smallest absolute Gasteiger partial charge is 0.248 e. The van der Waals surface area contributed by atoms with Crippen molar-refractivity contribution < 1.29 is 53.1 Å². The Bertz CT molecular complexity index is 4570. The van der Waals surface area contributed by atoms with Gasteiger partial charge in [-0.25, -0.2) is 10.2 Å². The Hall–Kier alpha value is -12.1. The largest absolute Gasteiger partial charge is 0.394 e. The molecule has 1 saturated heterocycles. The summed E-state index contributed by atoms with van der Waals surface area (Å²) in [7, 11) is 0. The molecule has 0 bridgehead atoms. The molecule has 34 nitrogen and oxygen atoms in total. The molecule has 606 valence electrons. The summed E-state index contributed by atoms with van der Waals surface area (Å²) in [6.45, 7) is 10.4. The number of anilines is 6. The zero-order valence-electron chi connectivity index (χ0n) is 64.4. The Labute approximate surface area is 664 Å². The molecular formula is C79H102ClN23O11. The molecule has 21 N–H and O–H groups in total. The number of aliphatic hydroxyl groups excluding tert-OH is 1. The van der Waals surface area contributed by atoms with Crippen LogP contribution in [0, 0.1) is 5.92 Å². The first kappa shape index (κ1) is 85.9. The number of nitrogens with zero attached hydrogens (tertiary/aromatic N) is 6. The highest BCUT2D eigenvalue weighted by Gasteiger charge is 2.40. The number of H-pyrrole nitrogens is 2. The van der Waals surface area contributed by atoms with Gasteiger partial charge in [-0.15, -0.1) is 10.2 Å². The van der Waals surface area contributed by atoms with E-state index in [9.17, 15) is 33.9 Å². The topological polar surface area (TPSA) is 513 Å². The zero-order chi connectivity index (χ0) is 82.0. The number of rotatable bonds is 41. The van der Waals surface area contributed by atoms with Gasteiger partial charge in [0.1, 0.15) is 54.4 Å². The number of aromatic amines is 2. The van der Waals surface area contributed by atoms with Gasteiger partial charge in [-0.1, -0.05) is 124 Å². The second-order valence-corrected chi connectivity index (χ2v) is 29.4. The van der Waals surface area contributed by atoms with Gasteiger partial charge >= 0.3 is 0 Å². The summed E-state index contributed by atoms with van der Waals surface area (Å²) >= 11 is 6.28. The number of hydrogen-bond donors (Lipinski definition) is 18. The summed E-state index contributed by atoms with van der Waals surface area (Å²) in [5.41, 5.74) is 21.1. The number of hydrogen-bond acceptors (Lipinski definition) is 22. The van der Waals surface area contributed by atoms with E-state index < -0.39 is 126 Å². The van der Waals surface area contributed by atoms with E-state index in [2.05, 4.69) is 99.1 Å². The maximum absolute atomic E-state index is 15.5. The van der Waals surface area contributed by atoms with Crippen molar-refractivity contribution in [2.45, 2.75) is 179 Å². The van der Waals surface area contributed by atoms with Gasteiger partial charge in [0.05, 0.1) is 12.8 Å². The third-order valence-corrected chi connectivity index (χ3v) is 19.0. The first-order valence-corrected chi connectivity index (χ1v) is 38.3. The minimum absolute atomic E-state index is 0.0326. The van der Waals surface area contributed by atoms with Gasteiger partial charge in [-0.3, -0.25) is 52.9 Å². The van der Waals surface area contributed by atoms with Crippen LogP contribution in [0.15, 0.2) is 140 Å². The monoisotopic (exact) mass is 1580 g/mol. The maximum Gasteiger partial charge on any atom is 0.248 e. The summed E-state index contributed by atoms with van der Waals surface area (Å²) < 4.78 is 0. The molecule has 4 heterocycles. The fourth-order valence-electron chi connectivity index (χ4n) is 13.1. The molecule has 5 aromatic carbocycles. The first-order chi connectivity index (χ1) is 54.6. The van der Waals surface area contributed by atoms with Crippen molar-refractivity contribution in [3.63, 3.8) is 0 Å². The Balaban J connectivity index is 1.00. The number of aromatic nitrogens is 7. The number of fused-ring (bicyclic) bond motifs is 1. The SMILES string of the molecule is CC(=O)N[C@H](Cc1ccc2ccccc2c1)C(=O)N[C@H](Cc1ccc(Cl)cc1)C(=O)N[C@H](Cc1cccnc1)C(=O)N[C@@H](CO)C(=O)N[C@@H](Cc1ccc(Nc2n[nH]c(N)n2)cc1)C(=O)N[C@H](Cc1ccc(Nc2n[nH]c(N)n2)cc1)C(=O)N[C@@H](CC(C)C)C(=O)N[C@@H](CCCCNC(C)C)C(=O)N1CCC[C@H]1C(=O)N[C@H](C)N. The number of aliphatic hydroxyl groups is 1. The molecule has 0 unspecified atom stereocenters. The third-order valence-electron chi connectivity index (χ3n) is 18.8. The van der Waals surface area contributed by atoms with Gasteiger partial charge in [-0.05, 0) is 139 Å². The number of amides is 10. The number of nitrogens with two attached hydrogens (primary N) is 3. The van der Waals surface area contributed by atoms with E-state index in [0.29, 0.717) is 76.4 Å². The van der Waals surface area contributed by atoms with Crippen LogP contribution in [-0.4, -0.2) is 191 Å². The molecule has 1 aliphatic rings. The number of benzene rings is 5. The fourth-order valence-corrected chi connectivity index (χ4v) is 13.2. The summed E-state index contributed by atoms with van der Waals surface area (Å²) in [4.78, 5) is 160. The average molecular weight is 1590 g/mol. The van der Waals surface area contributed by atoms with E-state index in [0.717, 1.165) is 10.8 Å². The van der Waals surface area contributed by atoms with Gasteiger partial charge in [-0.2, -0.15) is 9.97 Å². The molecule has 9 rings (SSSR count). The summed E-state index contributed by atoms with van der Waals surface area (Å²) in [6.07, 6.45) is 3.67. The summed E-state index contributed by atoms with van der Waals surface area (Å²) in [5.74, 6) is -7.42. The van der Waals surface area contributed by atoms with E-state index in [-0.39, 0.29) is 87.2 Å². The van der Waals surface area contributed by atoms with Crippen LogP contribution in [0.25, 0.3) is 10.8 Å². The lowest BCUT2D eigenvalue weighted by atomic mass is 9.99. The number of nitrogens with one attached hydrogen (secondary N) is 14. The molecule has 114 heavy (non-hydrogen) atoms. The van der Waals surface area contributed by atoms with Gasteiger partial charge in [0.25, 0.3) is 0 Å². The fraction of sp³-hybridized carbons (Fsp3) is 0.405. The molecule has 0 aliphatic carbocycles. The Morgan fingerprint density at radius 1 is 0.526 bits per heavy atom. The number of likely N-dealkylation sites (tertiary alicyclic amines) is 1. The van der Waals surface area contributed by atoms with Crippen LogP contribution >= 0.6 is 11.6 Å². The number of pyridine rings is 1. The third kappa shape index (κ3) is 26.5. The summed E-state index contributed by atoms with van der Waals surface area (Å²) in [5, 5.41) is 60.9. The number of carbonyl (C=O) groups is 10. The number of carbonyl (C=O) groups excluding carboxylic acids is 10. The van der Waals surface area contributed by atoms with E-state index in [1.807, 2.05) is 70.2 Å². The lowest BCUT2D eigenvalue weighted by Crippen LogP contribution is -2.62. The molecule has 35 heteroatoms. The molecule has 8 aromatic rings. The van der Waals surface area contributed by atoms with Crippen LogP contribution in [0.3, 0.4) is 0 Å². The first-order valence-electron chi connectivity index (χ1n) is 37.9. The van der Waals surface area contributed by atoms with E-state index in [1.54, 1.807) is 91.9 Å². The molecule has 3 aromatic heterocycles. The van der Waals surface area contributed by atoms with Crippen LogP contribution in [0.4, 0.5) is 35.2 Å². The highest BCUT2D eigenvalue weighted by Crippen LogP contribution is 2.24. The second-order valence-electron chi connectivity index (χ2n) is 29.0. The predicted octanol–water partition coefficient (Wildman–Crippen LogP) is 2.81. The molecule has 1 fully saturated rings. The van der Waals surface area contributed by atoms with Crippen LogP contribution in [0.2, 0.25) is 5.02 Å². The molecule has 1 aliphatic heterocycles. The Morgan fingerprint density at radius 2 is 0.982 bits per heavy atom. The van der Waals surface area contributed by atoms with Gasteiger partial charge in [0, 0.05) is 80.4 Å². The minimum Gasteiger partial charge on any atom is -0.394 e. The number of nitrogen functional groups attached to an aromatic ring is 2. The highest BCUT2D eigenvalue weighted by molar-refractivity contribution is 6.30. The molecule has 0 saturated carbocycles. The van der Waals surface area contributed by atoms with Gasteiger partial charge in [0.2, 0.25) is 82.9 Å². The van der Waals surface area contributed by atoms with Crippen molar-refractivity contribution in [1.82, 2.24) is 93.4 Å². The van der Waals surface area contributed by atoms with Crippen LogP contribution in [-0.2, 0) is 80.0 Å². The van der Waals surface area contributed by atoms with E-state index >= 15 is 19.2 Å². The molecule has 10 amide bonds. The average Bonchev–Trinajstić information content (AvgIpc) is 1.37. The van der Waals surface area contributed by atoms with Crippen molar-refractivity contribution in [1.29, 1.82) is 0 Å². The second kappa shape index (κ2) is 41.9. The summed E-state index contributed by atoms with van der Waals surface area (Å²) in [6, 6.07) is 24.0. The van der Waals surface area contributed by atoms with Crippen LogP contribution in [0.5, 0.6) is 0 Å². The van der Waals surface area contributed by atoms with Crippen LogP contribution in [0.1, 0.15) is 108 Å². The molecule has 10 atom stereocenters. The van der Waals surface area contributed by atoms with Crippen molar-refractivity contribution >= 4 is 117 Å². The van der Waals surface area contributed by atoms with Crippen molar-refractivity contribution in [3.05, 3.63) is 173 Å². The van der Waals surface area contributed by atoms with Crippen molar-refractivity contribution in [2.24, 2.45) is 11.7 Å². The molecular weight excluding hydrogens is 1480 g/mol. The van der Waals surface area contributed by atoms with Gasteiger partial charge < -0.3 is 91.0 Å². The maximum atomic E-state index is 15.5. The zero-order valence-corrected chi connectivity index (χ0v) is 65.2. The number of halogens is 1. The van der Waals surface area contributed by atoms with Gasteiger partial charge in [0.15, 0.2) is 0 Å². The minimum atomic E-state index is -1.84. The van der Waals surface area contributed by atoms with E-state index in [1.165, 1.54) is 24.2 Å². The number of unbranched alkanes of at least 4 members (excludes halogenated alkanes) is 1. The Morgan fingerprint density at radius 3 is 1.46 bits per heavy atom. The molecule has 0 radical (unpaired) electrons. The predicted molar refractivity (Wildman–Crippen MR) is 430 cm³/mol. The van der Waals surface area contributed by atoms with Crippen LogP contribution < -0.4 is 81.0 Å². The normalized spacial score (nSPS) is 15.0. The quantitative estimate of drug-likeness (QED) is 0.0193. The Kier molecular flexibility index (Phi) is 31.6. The lowest BCUT2D eigenvalue weighted by Gasteiger charge is -2.31. The standard InChI is InChI=1S/C79H102ClN23O11/c1-44(2)35-59(67(106)90-58(16-9-10-33-85-45(3)4)75(114)103-34-12-17-66(103)74(113)86-46(5)81)91-69(108)62(38-49-21-28-56(29-22-49)88-78-97-76(82)99-101-78)93-71(110)63(39-50-23-30-57(31-24-50)89-79-98-77(83)100-102-79)95-73(112)65(43-104)96-72(111)64(41-52-13-11-32-84-42-52)94-70(109)61(37-48-19-26-55(80)27-20-48)92-68(107)60(87-47(6)105)40-51-18-25-53-14-7-8-15-54(53)36-51/h7-8,11,13-15,18-32,36,42,44-46,58-66,85,104H,9-10,12,16-17,33-35,37-41,43,81H2,1-6H3,(H,86,113)(H,87,105)(H,90,106)(H,91,108)(H,92,107)(H,93,110)(H,94,109)(H,95,112)(H,96,111)(H4,82,88,97,99,101)(H4,83,89,98,100,102)/t46-,58+,59+,60-,61-,62-,63+,64-,65+,66+/m1/s1. The molecule has 0 spiro atoms. The van der Waals surface area contributed by atoms with Crippen molar-refractivity contribution in [2.75, 3.05) is 41.8 Å². The van der Waals surface area contributed by atoms with E-state index in [4.69, 9.17) is 28.8 Å². The highest BCUT2D eigenvalue weighted by atomic mass is 35.5. The van der Waals surface area contributed by atoms with Crippen molar-refractivity contribution in [3.8, 4) is 0 Å².